The summed E-state index contributed by atoms with van der Waals surface area (Å²) in [6.07, 6.45) is -0.701. The molecule has 0 bridgehead atoms. The van der Waals surface area contributed by atoms with Crippen molar-refractivity contribution in [2.75, 3.05) is 32.8 Å². The fourth-order valence-electron chi connectivity index (χ4n) is 6.50. The molecule has 0 spiro atoms. The fraction of sp³-hybridized carbons (Fsp3) is 0.500. The van der Waals surface area contributed by atoms with Crippen molar-refractivity contribution < 1.29 is 28.5 Å². The van der Waals surface area contributed by atoms with Gasteiger partial charge in [-0.15, -0.1) is 0 Å². The number of amides is 1. The molecule has 2 aliphatic rings. The van der Waals surface area contributed by atoms with Gasteiger partial charge in [0.2, 0.25) is 0 Å². The van der Waals surface area contributed by atoms with Gasteiger partial charge in [0.25, 0.3) is 0 Å². The fourth-order valence-corrected chi connectivity index (χ4v) is 6.50. The van der Waals surface area contributed by atoms with E-state index in [0.717, 1.165) is 25.2 Å². The zero-order valence-corrected chi connectivity index (χ0v) is 29.6. The van der Waals surface area contributed by atoms with Crippen LogP contribution >= 0.6 is 0 Å². The molecule has 0 N–H and O–H groups in total. The number of carbonyl (C=O) groups is 2. The molecule has 8 heteroatoms. The Morgan fingerprint density at radius 3 is 2.04 bits per heavy atom. The molecule has 8 nitrogen and oxygen atoms in total. The summed E-state index contributed by atoms with van der Waals surface area (Å²) in [4.78, 5) is 30.5. The largest absolute Gasteiger partial charge is 0.492 e. The van der Waals surface area contributed by atoms with Gasteiger partial charge in [-0.2, -0.15) is 0 Å². The number of piperidine rings is 1. The average Bonchev–Trinajstić information content (AvgIpc) is 3.50. The number of fused-ring (bicyclic) bond motifs is 1. The average molecular weight is 657 g/mol. The highest BCUT2D eigenvalue weighted by molar-refractivity contribution is 5.75. The van der Waals surface area contributed by atoms with Crippen molar-refractivity contribution in [3.05, 3.63) is 95.6 Å². The van der Waals surface area contributed by atoms with Gasteiger partial charge >= 0.3 is 12.1 Å². The number of rotatable bonds is 13. The summed E-state index contributed by atoms with van der Waals surface area (Å²) in [5, 5.41) is 0. The Labute approximate surface area is 286 Å². The molecule has 48 heavy (non-hydrogen) atoms. The summed E-state index contributed by atoms with van der Waals surface area (Å²) in [7, 11) is 0. The number of hydrogen-bond donors (Lipinski definition) is 0. The monoisotopic (exact) mass is 656 g/mol. The second-order valence-electron chi connectivity index (χ2n) is 15.0. The molecule has 1 saturated carbocycles. The van der Waals surface area contributed by atoms with E-state index in [1.54, 1.807) is 6.92 Å². The molecule has 1 heterocycles. The maximum Gasteiger partial charge on any atom is 0.410 e. The number of ether oxygens (including phenoxy) is 4. The van der Waals surface area contributed by atoms with Crippen molar-refractivity contribution in [2.24, 2.45) is 11.8 Å². The summed E-state index contributed by atoms with van der Waals surface area (Å²) >= 11 is 0. The van der Waals surface area contributed by atoms with Crippen molar-refractivity contribution in [1.29, 1.82) is 0 Å². The van der Waals surface area contributed by atoms with E-state index in [9.17, 15) is 9.59 Å². The van der Waals surface area contributed by atoms with Gasteiger partial charge in [0, 0.05) is 32.1 Å². The second kappa shape index (κ2) is 15.0. The molecule has 0 radical (unpaired) electrons. The third-order valence-electron chi connectivity index (χ3n) is 8.95. The van der Waals surface area contributed by atoms with Gasteiger partial charge in [-0.3, -0.25) is 4.90 Å². The third-order valence-corrected chi connectivity index (χ3v) is 8.95. The molecule has 1 aliphatic carbocycles. The predicted octanol–water partition coefficient (Wildman–Crippen LogP) is 7.28. The van der Waals surface area contributed by atoms with Crippen LogP contribution in [0.2, 0.25) is 0 Å². The number of esters is 1. The lowest BCUT2D eigenvalue weighted by Crippen LogP contribution is -2.43. The minimum atomic E-state index is -0.777. The van der Waals surface area contributed by atoms with Gasteiger partial charge in [0.05, 0.1) is 13.2 Å². The Morgan fingerprint density at radius 2 is 1.46 bits per heavy atom. The Morgan fingerprint density at radius 1 is 0.833 bits per heavy atom. The van der Waals surface area contributed by atoms with Gasteiger partial charge in [-0.25, -0.2) is 9.59 Å². The molecule has 4 atom stereocenters. The molecule has 1 amide bonds. The first-order chi connectivity index (χ1) is 22.8. The Hall–Kier alpha value is -4.04. The Kier molecular flexibility index (Phi) is 11.0. The molecular weight excluding hydrogens is 604 g/mol. The SMILES string of the molecule is CCOC(=O)[C@H](Cc1ccc(OCCN(C(=O)OC(C)(C)C)[C@H]2[C@@H]3CN(Cc4ccccc4)C[C@@H]32)cc1)Oc1ccc(C(C)(C)C)cc1. The Bertz CT molecular complexity index is 1480. The number of carbonyl (C=O) groups excluding carboxylic acids is 2. The van der Waals surface area contributed by atoms with E-state index >= 15 is 0 Å². The van der Waals surface area contributed by atoms with Gasteiger partial charge in [0.15, 0.2) is 6.10 Å². The zero-order chi connectivity index (χ0) is 34.5. The molecular formula is C40H52N2O6. The zero-order valence-electron chi connectivity index (χ0n) is 29.6. The van der Waals surface area contributed by atoms with Crippen LogP contribution in [-0.4, -0.2) is 72.5 Å². The molecule has 3 aromatic rings. The normalized spacial score (nSPS) is 19.6. The van der Waals surface area contributed by atoms with E-state index < -0.39 is 17.7 Å². The van der Waals surface area contributed by atoms with Crippen LogP contribution in [0.25, 0.3) is 0 Å². The topological polar surface area (TPSA) is 77.5 Å². The first-order valence-corrected chi connectivity index (χ1v) is 17.2. The van der Waals surface area contributed by atoms with E-state index in [4.69, 9.17) is 18.9 Å². The summed E-state index contributed by atoms with van der Waals surface area (Å²) in [5.74, 6) is 1.82. The summed E-state index contributed by atoms with van der Waals surface area (Å²) in [5.41, 5.74) is 2.88. The van der Waals surface area contributed by atoms with Crippen molar-refractivity contribution in [3.63, 3.8) is 0 Å². The highest BCUT2D eigenvalue weighted by Crippen LogP contribution is 2.49. The molecule has 1 aliphatic heterocycles. The lowest BCUT2D eigenvalue weighted by atomic mass is 9.87. The van der Waals surface area contributed by atoms with Crippen LogP contribution in [0.3, 0.4) is 0 Å². The summed E-state index contributed by atoms with van der Waals surface area (Å²) in [6, 6.07) is 26.2. The van der Waals surface area contributed by atoms with Crippen LogP contribution in [0.1, 0.15) is 65.2 Å². The third kappa shape index (κ3) is 9.53. The molecule has 3 aromatic carbocycles. The lowest BCUT2D eigenvalue weighted by Gasteiger charge is -2.30. The van der Waals surface area contributed by atoms with Gasteiger partial charge < -0.3 is 23.8 Å². The second-order valence-corrected chi connectivity index (χ2v) is 15.0. The van der Waals surface area contributed by atoms with Crippen LogP contribution in [-0.2, 0) is 32.6 Å². The van der Waals surface area contributed by atoms with E-state index in [1.165, 1.54) is 11.1 Å². The molecule has 0 unspecified atom stereocenters. The van der Waals surface area contributed by atoms with E-state index in [-0.39, 0.29) is 24.2 Å². The van der Waals surface area contributed by atoms with Crippen LogP contribution in [0.4, 0.5) is 4.79 Å². The number of hydrogen-bond acceptors (Lipinski definition) is 7. The smallest absolute Gasteiger partial charge is 0.410 e. The van der Waals surface area contributed by atoms with Crippen molar-refractivity contribution in [3.8, 4) is 11.5 Å². The maximum absolute atomic E-state index is 13.3. The summed E-state index contributed by atoms with van der Waals surface area (Å²) in [6.45, 7) is 17.9. The quantitative estimate of drug-likeness (QED) is 0.179. The van der Waals surface area contributed by atoms with Gasteiger partial charge in [-0.05, 0) is 85.9 Å². The highest BCUT2D eigenvalue weighted by atomic mass is 16.6. The Balaban J connectivity index is 1.16. The van der Waals surface area contributed by atoms with E-state index in [1.807, 2.05) is 80.3 Å². The number of benzene rings is 3. The number of likely N-dealkylation sites (tertiary alicyclic amines) is 1. The van der Waals surface area contributed by atoms with Crippen LogP contribution in [0.5, 0.6) is 11.5 Å². The van der Waals surface area contributed by atoms with Gasteiger partial charge in [0.1, 0.15) is 23.7 Å². The maximum atomic E-state index is 13.3. The van der Waals surface area contributed by atoms with Crippen LogP contribution < -0.4 is 9.47 Å². The molecule has 5 rings (SSSR count). The minimum absolute atomic E-state index is 0.0262. The molecule has 0 aromatic heterocycles. The van der Waals surface area contributed by atoms with E-state index in [0.29, 0.717) is 42.9 Å². The van der Waals surface area contributed by atoms with Crippen LogP contribution in [0, 0.1) is 11.8 Å². The van der Waals surface area contributed by atoms with Crippen molar-refractivity contribution in [2.45, 2.75) is 84.6 Å². The van der Waals surface area contributed by atoms with Gasteiger partial charge in [-0.1, -0.05) is 75.4 Å². The van der Waals surface area contributed by atoms with Crippen molar-refractivity contribution in [1.82, 2.24) is 9.80 Å². The minimum Gasteiger partial charge on any atom is -0.492 e. The molecule has 2 fully saturated rings. The first kappa shape index (κ1) is 35.3. The first-order valence-electron chi connectivity index (χ1n) is 17.2. The van der Waals surface area contributed by atoms with Crippen LogP contribution in [0.15, 0.2) is 78.9 Å². The highest BCUT2D eigenvalue weighted by Gasteiger charge is 2.59. The predicted molar refractivity (Wildman–Crippen MR) is 187 cm³/mol. The standard InChI is InChI=1S/C40H52N2O6/c1-8-45-37(43)35(47-32-20-16-30(17-21-32)39(2,3)4)24-28-14-18-31(19-15-28)46-23-22-42(38(44)48-40(5,6)7)36-33-26-41(27-34(33)36)25-29-12-10-9-11-13-29/h9-21,33-36H,8,22-27H2,1-7H3/t33-,34+,35-,36+/m0/s1. The van der Waals surface area contributed by atoms with E-state index in [2.05, 4.69) is 49.9 Å². The van der Waals surface area contributed by atoms with Crippen molar-refractivity contribution >= 4 is 12.1 Å². The number of nitrogens with zero attached hydrogens (tertiary/aromatic N) is 2. The lowest BCUT2D eigenvalue weighted by molar-refractivity contribution is -0.151. The molecule has 1 saturated heterocycles. The summed E-state index contributed by atoms with van der Waals surface area (Å²) < 4.78 is 23.4. The molecule has 258 valence electrons.